The molecule has 2 N–H and O–H groups in total. The van der Waals surface area contributed by atoms with Crippen molar-refractivity contribution in [3.05, 3.63) is 53.6 Å². The molecular weight excluding hydrogens is 259 g/mol. The summed E-state index contributed by atoms with van der Waals surface area (Å²) in [7, 11) is -4.34. The van der Waals surface area contributed by atoms with Gasteiger partial charge in [0.05, 0.1) is 10.3 Å². The van der Waals surface area contributed by atoms with Crippen LogP contribution < -0.4 is 5.30 Å². The average Bonchev–Trinajstić information content (AvgIpc) is 2.29. The minimum absolute atomic E-state index is 0.104. The second-order valence-electron chi connectivity index (χ2n) is 3.55. The maximum Gasteiger partial charge on any atom is 0.357 e. The minimum atomic E-state index is -4.34. The summed E-state index contributed by atoms with van der Waals surface area (Å²) >= 11 is 6.04. The van der Waals surface area contributed by atoms with Crippen molar-refractivity contribution in [3.8, 4) is 11.1 Å². The predicted molar refractivity (Wildman–Crippen MR) is 68.6 cm³/mol. The molecule has 0 saturated heterocycles. The lowest BCUT2D eigenvalue weighted by Crippen LogP contribution is -2.06. The Morgan fingerprint density at radius 3 is 2.18 bits per heavy atom. The van der Waals surface area contributed by atoms with Crippen LogP contribution in [0.15, 0.2) is 48.5 Å². The Hall–Kier alpha value is -1.12. The van der Waals surface area contributed by atoms with Crippen molar-refractivity contribution < 1.29 is 14.4 Å². The molecule has 3 nitrogen and oxygen atoms in total. The summed E-state index contributed by atoms with van der Waals surface area (Å²) in [6.07, 6.45) is 0. The van der Waals surface area contributed by atoms with Gasteiger partial charge in [-0.3, -0.25) is 4.57 Å². The highest BCUT2D eigenvalue weighted by molar-refractivity contribution is 7.60. The summed E-state index contributed by atoms with van der Waals surface area (Å²) in [4.78, 5) is 18.3. The third kappa shape index (κ3) is 2.59. The third-order valence-electron chi connectivity index (χ3n) is 2.38. The molecule has 0 aliphatic carbocycles. The van der Waals surface area contributed by atoms with Crippen LogP contribution in [0.5, 0.6) is 0 Å². The van der Waals surface area contributed by atoms with Crippen LogP contribution in [0.3, 0.4) is 0 Å². The molecule has 5 heteroatoms. The Morgan fingerprint density at radius 2 is 1.59 bits per heavy atom. The van der Waals surface area contributed by atoms with E-state index in [1.54, 1.807) is 12.1 Å². The van der Waals surface area contributed by atoms with Crippen molar-refractivity contribution in [3.63, 3.8) is 0 Å². The van der Waals surface area contributed by atoms with Crippen LogP contribution in [0, 0.1) is 0 Å². The smallest absolute Gasteiger partial charge is 0.321 e. The third-order valence-corrected chi connectivity index (χ3v) is 3.92. The number of rotatable bonds is 2. The van der Waals surface area contributed by atoms with Crippen LogP contribution >= 0.6 is 19.2 Å². The summed E-state index contributed by atoms with van der Waals surface area (Å²) in [6.45, 7) is 0. The van der Waals surface area contributed by atoms with E-state index < -0.39 is 7.60 Å². The van der Waals surface area contributed by atoms with Gasteiger partial charge >= 0.3 is 7.60 Å². The highest BCUT2D eigenvalue weighted by Gasteiger charge is 2.22. The summed E-state index contributed by atoms with van der Waals surface area (Å²) in [5.41, 5.74) is 1.45. The molecule has 0 spiro atoms. The molecule has 0 unspecified atom stereocenters. The second-order valence-corrected chi connectivity index (χ2v) is 5.50. The van der Waals surface area contributed by atoms with Gasteiger partial charge in [0.1, 0.15) is 0 Å². The molecule has 0 atom stereocenters. The standard InChI is InChI=1S/C12H10ClO3P/c13-12-10(9-5-2-1-3-6-9)7-4-8-11(12)17(14,15)16/h1-8H,(H2,14,15,16). The van der Waals surface area contributed by atoms with E-state index >= 15 is 0 Å². The monoisotopic (exact) mass is 268 g/mol. The minimum Gasteiger partial charge on any atom is -0.321 e. The van der Waals surface area contributed by atoms with E-state index in [1.807, 2.05) is 30.3 Å². The number of benzene rings is 2. The molecule has 0 amide bonds. The quantitative estimate of drug-likeness (QED) is 0.824. The zero-order valence-electron chi connectivity index (χ0n) is 8.75. The van der Waals surface area contributed by atoms with Gasteiger partial charge in [-0.05, 0) is 11.6 Å². The Morgan fingerprint density at radius 1 is 0.941 bits per heavy atom. The molecule has 88 valence electrons. The molecular formula is C12H10ClO3P. The molecule has 2 rings (SSSR count). The fourth-order valence-electron chi connectivity index (χ4n) is 1.59. The van der Waals surface area contributed by atoms with Crippen molar-refractivity contribution in [2.24, 2.45) is 0 Å². The van der Waals surface area contributed by atoms with E-state index in [1.165, 1.54) is 6.07 Å². The Bertz CT molecular complexity index is 578. The molecule has 0 heterocycles. The van der Waals surface area contributed by atoms with Crippen molar-refractivity contribution in [2.75, 3.05) is 0 Å². The van der Waals surface area contributed by atoms with E-state index in [0.29, 0.717) is 5.56 Å². The SMILES string of the molecule is O=P(O)(O)c1cccc(-c2ccccc2)c1Cl. The topological polar surface area (TPSA) is 57.5 Å². The van der Waals surface area contributed by atoms with Gasteiger partial charge in [0, 0.05) is 5.56 Å². The van der Waals surface area contributed by atoms with E-state index in [4.69, 9.17) is 21.4 Å². The van der Waals surface area contributed by atoms with Crippen LogP contribution in [0.25, 0.3) is 11.1 Å². The van der Waals surface area contributed by atoms with Gasteiger partial charge in [0.2, 0.25) is 0 Å². The molecule has 2 aromatic rings. The maximum absolute atomic E-state index is 11.2. The fourth-order valence-corrected chi connectivity index (χ4v) is 2.81. The normalized spacial score (nSPS) is 11.5. The van der Waals surface area contributed by atoms with Gasteiger partial charge in [-0.1, -0.05) is 54.1 Å². The van der Waals surface area contributed by atoms with Crippen LogP contribution in [0.1, 0.15) is 0 Å². The second kappa shape index (κ2) is 4.63. The average molecular weight is 269 g/mol. The lowest BCUT2D eigenvalue weighted by molar-refractivity contribution is 0.387. The summed E-state index contributed by atoms with van der Waals surface area (Å²) in [5.74, 6) is 0. The highest BCUT2D eigenvalue weighted by Crippen LogP contribution is 2.39. The van der Waals surface area contributed by atoms with Gasteiger partial charge in [-0.15, -0.1) is 0 Å². The summed E-state index contributed by atoms with van der Waals surface area (Å²) in [6, 6.07) is 13.9. The first kappa shape index (κ1) is 12.3. The van der Waals surface area contributed by atoms with Gasteiger partial charge in [-0.25, -0.2) is 0 Å². The molecule has 17 heavy (non-hydrogen) atoms. The number of halogens is 1. The zero-order valence-corrected chi connectivity index (χ0v) is 10.4. The largest absolute Gasteiger partial charge is 0.357 e. The molecule has 0 aliphatic heterocycles. The lowest BCUT2D eigenvalue weighted by Gasteiger charge is -2.10. The predicted octanol–water partition coefficient (Wildman–Crippen LogP) is 2.81. The number of hydrogen-bond acceptors (Lipinski definition) is 1. The fraction of sp³-hybridized carbons (Fsp3) is 0. The van der Waals surface area contributed by atoms with Crippen LogP contribution in [-0.2, 0) is 4.57 Å². The Kier molecular flexibility index (Phi) is 3.36. The molecule has 0 fully saturated rings. The Labute approximate surface area is 104 Å². The maximum atomic E-state index is 11.2. The van der Waals surface area contributed by atoms with E-state index in [-0.39, 0.29) is 10.3 Å². The van der Waals surface area contributed by atoms with Crippen LogP contribution in [0.2, 0.25) is 5.02 Å². The number of hydrogen-bond donors (Lipinski definition) is 2. The molecule has 0 saturated carbocycles. The van der Waals surface area contributed by atoms with E-state index in [9.17, 15) is 4.57 Å². The summed E-state index contributed by atoms with van der Waals surface area (Å²) in [5, 5.41) is -0.0347. The summed E-state index contributed by atoms with van der Waals surface area (Å²) < 4.78 is 11.2. The van der Waals surface area contributed by atoms with Crippen LogP contribution in [-0.4, -0.2) is 9.79 Å². The van der Waals surface area contributed by atoms with Crippen LogP contribution in [0.4, 0.5) is 0 Å². The Balaban J connectivity index is 2.62. The van der Waals surface area contributed by atoms with Gasteiger partial charge in [0.15, 0.2) is 0 Å². The molecule has 0 aromatic heterocycles. The molecule has 0 bridgehead atoms. The van der Waals surface area contributed by atoms with Crippen molar-refractivity contribution in [1.82, 2.24) is 0 Å². The highest BCUT2D eigenvalue weighted by atomic mass is 35.5. The first-order valence-electron chi connectivity index (χ1n) is 4.90. The van der Waals surface area contributed by atoms with Gasteiger partial charge in [0.25, 0.3) is 0 Å². The van der Waals surface area contributed by atoms with Crippen molar-refractivity contribution in [1.29, 1.82) is 0 Å². The first-order chi connectivity index (χ1) is 8.00. The van der Waals surface area contributed by atoms with E-state index in [2.05, 4.69) is 0 Å². The molecule has 0 radical (unpaired) electrons. The van der Waals surface area contributed by atoms with Crippen molar-refractivity contribution >= 4 is 24.5 Å². The van der Waals surface area contributed by atoms with Crippen molar-refractivity contribution in [2.45, 2.75) is 0 Å². The van der Waals surface area contributed by atoms with Gasteiger partial charge in [-0.2, -0.15) is 0 Å². The van der Waals surface area contributed by atoms with E-state index in [0.717, 1.165) is 5.56 Å². The molecule has 0 aliphatic rings. The first-order valence-corrected chi connectivity index (χ1v) is 6.89. The zero-order chi connectivity index (χ0) is 12.5. The lowest BCUT2D eigenvalue weighted by atomic mass is 10.1. The molecule has 2 aromatic carbocycles. The van der Waals surface area contributed by atoms with Gasteiger partial charge < -0.3 is 9.79 Å².